The molecule has 0 bridgehead atoms. The van der Waals surface area contributed by atoms with Crippen molar-refractivity contribution in [1.82, 2.24) is 9.71 Å². The maximum Gasteiger partial charge on any atom is 0.274 e. The molecule has 1 amide bonds. The Labute approximate surface area is 127 Å². The van der Waals surface area contributed by atoms with Crippen LogP contribution in [0.25, 0.3) is 0 Å². The Hall–Kier alpha value is -2.29. The zero-order valence-corrected chi connectivity index (χ0v) is 12.4. The second-order valence-corrected chi connectivity index (χ2v) is 6.35. The summed E-state index contributed by atoms with van der Waals surface area (Å²) in [5, 5.41) is 4.92. The maximum atomic E-state index is 11.7. The van der Waals surface area contributed by atoms with Crippen molar-refractivity contribution < 1.29 is 13.2 Å². The molecule has 0 fully saturated rings. The lowest BCUT2D eigenvalue weighted by Gasteiger charge is -2.13. The highest BCUT2D eigenvalue weighted by Crippen LogP contribution is 2.20. The van der Waals surface area contributed by atoms with Crippen molar-refractivity contribution in [3.05, 3.63) is 58.9 Å². The van der Waals surface area contributed by atoms with Crippen molar-refractivity contribution in [3.63, 3.8) is 0 Å². The van der Waals surface area contributed by atoms with Crippen LogP contribution >= 0.6 is 0 Å². The number of H-pyrrole nitrogens is 1. The van der Waals surface area contributed by atoms with Crippen LogP contribution in [0.1, 0.15) is 22.4 Å². The van der Waals surface area contributed by atoms with Crippen LogP contribution in [0, 0.1) is 0 Å². The lowest BCUT2D eigenvalue weighted by atomic mass is 9.97. The predicted octanol–water partition coefficient (Wildman–Crippen LogP) is 0.228. The molecule has 22 heavy (non-hydrogen) atoms. The average molecular weight is 318 g/mol. The molecule has 2 heterocycles. The van der Waals surface area contributed by atoms with Gasteiger partial charge < -0.3 is 4.98 Å². The lowest BCUT2D eigenvalue weighted by molar-refractivity contribution is -0.117. The van der Waals surface area contributed by atoms with Gasteiger partial charge in [0, 0.05) is 29.6 Å². The van der Waals surface area contributed by atoms with Gasteiger partial charge in [0.25, 0.3) is 16.1 Å². The molecule has 0 unspecified atom stereocenters. The first-order valence-electron chi connectivity index (χ1n) is 6.57. The maximum absolute atomic E-state index is 11.7. The van der Waals surface area contributed by atoms with E-state index in [0.717, 1.165) is 22.4 Å². The molecule has 3 rings (SSSR count). The van der Waals surface area contributed by atoms with Crippen molar-refractivity contribution >= 4 is 21.8 Å². The number of nitrogens with one attached hydrogen (secondary N) is 2. The average Bonchev–Trinajstić information content (AvgIpc) is 2.92. The fraction of sp³-hybridized carbons (Fsp3) is 0.143. The molecular formula is C14H14N4O3S. The SMILES string of the molecule is NS(=O)(=O)NCc1cccc(C2=NC(=O)Cc3[nH]ccc32)c1. The number of aromatic nitrogens is 1. The Kier molecular flexibility index (Phi) is 3.65. The molecule has 0 saturated heterocycles. The molecule has 2 aromatic rings. The largest absolute Gasteiger partial charge is 0.364 e. The van der Waals surface area contributed by atoms with E-state index in [4.69, 9.17) is 5.14 Å². The van der Waals surface area contributed by atoms with Gasteiger partial charge in [-0.1, -0.05) is 18.2 Å². The quantitative estimate of drug-likeness (QED) is 0.749. The van der Waals surface area contributed by atoms with Crippen LogP contribution in [-0.4, -0.2) is 25.0 Å². The molecule has 0 aliphatic carbocycles. The van der Waals surface area contributed by atoms with Crippen LogP contribution < -0.4 is 9.86 Å². The topological polar surface area (TPSA) is 117 Å². The van der Waals surface area contributed by atoms with Gasteiger partial charge in [0.05, 0.1) is 12.1 Å². The van der Waals surface area contributed by atoms with E-state index in [1.807, 2.05) is 12.1 Å². The number of hydrogen-bond donors (Lipinski definition) is 3. The minimum absolute atomic E-state index is 0.0773. The summed E-state index contributed by atoms with van der Waals surface area (Å²) < 4.78 is 24.1. The van der Waals surface area contributed by atoms with E-state index in [1.54, 1.807) is 24.4 Å². The number of nitrogens with two attached hydrogens (primary N) is 1. The summed E-state index contributed by atoms with van der Waals surface area (Å²) in [6.07, 6.45) is 2.03. The minimum Gasteiger partial charge on any atom is -0.364 e. The lowest BCUT2D eigenvalue weighted by Crippen LogP contribution is -2.30. The smallest absolute Gasteiger partial charge is 0.274 e. The van der Waals surface area contributed by atoms with E-state index >= 15 is 0 Å². The number of benzene rings is 1. The van der Waals surface area contributed by atoms with Gasteiger partial charge in [-0.25, -0.2) is 10.1 Å². The van der Waals surface area contributed by atoms with Gasteiger partial charge in [0.1, 0.15) is 0 Å². The van der Waals surface area contributed by atoms with Crippen LogP contribution in [0.3, 0.4) is 0 Å². The highest BCUT2D eigenvalue weighted by molar-refractivity contribution is 7.87. The Morgan fingerprint density at radius 2 is 2.14 bits per heavy atom. The molecule has 0 radical (unpaired) electrons. The Morgan fingerprint density at radius 3 is 2.91 bits per heavy atom. The van der Waals surface area contributed by atoms with E-state index in [2.05, 4.69) is 14.7 Å². The molecular weight excluding hydrogens is 304 g/mol. The Morgan fingerprint density at radius 1 is 1.32 bits per heavy atom. The summed E-state index contributed by atoms with van der Waals surface area (Å²) in [6.45, 7) is 0.0773. The molecule has 0 saturated carbocycles. The van der Waals surface area contributed by atoms with Crippen molar-refractivity contribution in [2.24, 2.45) is 10.1 Å². The van der Waals surface area contributed by atoms with Gasteiger partial charge in [-0.15, -0.1) is 0 Å². The van der Waals surface area contributed by atoms with E-state index in [9.17, 15) is 13.2 Å². The Bertz CT molecular complexity index is 868. The third kappa shape index (κ3) is 3.14. The van der Waals surface area contributed by atoms with Crippen LogP contribution in [0.5, 0.6) is 0 Å². The molecule has 1 aliphatic heterocycles. The molecule has 0 spiro atoms. The van der Waals surface area contributed by atoms with Crippen molar-refractivity contribution in [2.75, 3.05) is 0 Å². The number of rotatable bonds is 4. The summed E-state index contributed by atoms with van der Waals surface area (Å²) in [5.41, 5.74) is 3.79. The van der Waals surface area contributed by atoms with Crippen molar-refractivity contribution in [3.8, 4) is 0 Å². The van der Waals surface area contributed by atoms with Gasteiger partial charge in [-0.3, -0.25) is 4.79 Å². The summed E-state index contributed by atoms with van der Waals surface area (Å²) in [7, 11) is -3.75. The fourth-order valence-corrected chi connectivity index (χ4v) is 2.75. The summed E-state index contributed by atoms with van der Waals surface area (Å²) in [5.74, 6) is -0.210. The van der Waals surface area contributed by atoms with Gasteiger partial charge in [-0.2, -0.15) is 13.1 Å². The number of carbonyl (C=O) groups excluding carboxylic acids is 1. The zero-order valence-electron chi connectivity index (χ0n) is 11.5. The molecule has 8 heteroatoms. The number of amides is 1. The third-order valence-electron chi connectivity index (χ3n) is 3.33. The van der Waals surface area contributed by atoms with Crippen molar-refractivity contribution in [2.45, 2.75) is 13.0 Å². The molecule has 7 nitrogen and oxygen atoms in total. The number of nitrogens with zero attached hydrogens (tertiary/aromatic N) is 1. The van der Waals surface area contributed by atoms with Gasteiger partial charge in [0.15, 0.2) is 0 Å². The highest BCUT2D eigenvalue weighted by atomic mass is 32.2. The van der Waals surface area contributed by atoms with Gasteiger partial charge in [-0.05, 0) is 17.7 Å². The van der Waals surface area contributed by atoms with Crippen LogP contribution in [-0.2, 0) is 28.0 Å². The van der Waals surface area contributed by atoms with Crippen molar-refractivity contribution in [1.29, 1.82) is 0 Å². The first-order chi connectivity index (χ1) is 10.4. The first-order valence-corrected chi connectivity index (χ1v) is 8.12. The monoisotopic (exact) mass is 318 g/mol. The number of aromatic amines is 1. The molecule has 1 aliphatic rings. The van der Waals surface area contributed by atoms with Crippen LogP contribution in [0.2, 0.25) is 0 Å². The van der Waals surface area contributed by atoms with E-state index in [0.29, 0.717) is 5.71 Å². The predicted molar refractivity (Wildman–Crippen MR) is 81.5 cm³/mol. The minimum atomic E-state index is -3.75. The van der Waals surface area contributed by atoms with Gasteiger partial charge >= 0.3 is 0 Å². The van der Waals surface area contributed by atoms with E-state index in [-0.39, 0.29) is 18.9 Å². The summed E-state index contributed by atoms with van der Waals surface area (Å²) in [6, 6.07) is 9.03. The zero-order chi connectivity index (χ0) is 15.7. The summed E-state index contributed by atoms with van der Waals surface area (Å²) in [4.78, 5) is 18.9. The molecule has 0 atom stereocenters. The molecule has 1 aromatic heterocycles. The van der Waals surface area contributed by atoms with Crippen LogP contribution in [0.15, 0.2) is 41.5 Å². The Balaban J connectivity index is 1.94. The highest BCUT2D eigenvalue weighted by Gasteiger charge is 2.21. The standard InChI is InChI=1S/C14H14N4O3S/c15-22(20,21)17-8-9-2-1-3-10(6-9)14-11-4-5-16-12(11)7-13(19)18-14/h1-6,16-17H,7-8H2,(H2,15,20,21). The first kappa shape index (κ1) is 14.6. The third-order valence-corrected chi connectivity index (χ3v) is 3.88. The second-order valence-electron chi connectivity index (χ2n) is 4.97. The van der Waals surface area contributed by atoms with Gasteiger partial charge in [0.2, 0.25) is 0 Å². The number of carbonyl (C=O) groups is 1. The molecule has 114 valence electrons. The fourth-order valence-electron chi connectivity index (χ4n) is 2.38. The van der Waals surface area contributed by atoms with Crippen LogP contribution in [0.4, 0.5) is 0 Å². The number of fused-ring (bicyclic) bond motifs is 1. The summed E-state index contributed by atoms with van der Waals surface area (Å²) >= 11 is 0. The van der Waals surface area contributed by atoms with E-state index in [1.165, 1.54) is 0 Å². The molecule has 1 aromatic carbocycles. The number of hydrogen-bond acceptors (Lipinski definition) is 3. The number of aliphatic imine (C=N–C) groups is 1. The molecule has 4 N–H and O–H groups in total. The normalized spacial score (nSPS) is 14.6. The second kappa shape index (κ2) is 5.48. The van der Waals surface area contributed by atoms with E-state index < -0.39 is 10.2 Å².